The zero-order chi connectivity index (χ0) is 33.5. The molecule has 0 spiro atoms. The van der Waals surface area contributed by atoms with Gasteiger partial charge in [0.15, 0.2) is 5.78 Å². The van der Waals surface area contributed by atoms with Gasteiger partial charge in [-0.25, -0.2) is 0 Å². The molecular formula is C35H46N8O4. The lowest BCUT2D eigenvalue weighted by molar-refractivity contribution is -0.384. The molecule has 1 aromatic carbocycles. The molecule has 5 rings (SSSR count). The van der Waals surface area contributed by atoms with E-state index < -0.39 is 0 Å². The van der Waals surface area contributed by atoms with Crippen molar-refractivity contribution in [3.8, 4) is 0 Å². The number of Topliss-reactive ketones (excluding diaryl/α,β-unsaturated/α-hetero) is 1. The summed E-state index contributed by atoms with van der Waals surface area (Å²) in [5.74, 6) is 0.0196. The highest BCUT2D eigenvalue weighted by molar-refractivity contribution is 6.29. The number of benzene rings is 1. The number of carbonyl (C=O) groups is 2. The Kier molecular flexibility index (Phi) is 11.0. The van der Waals surface area contributed by atoms with E-state index in [1.165, 1.54) is 6.92 Å². The third kappa shape index (κ3) is 7.54. The number of piperazine rings is 1. The van der Waals surface area contributed by atoms with E-state index in [0.717, 1.165) is 89.2 Å². The molecule has 1 amide bonds. The van der Waals surface area contributed by atoms with Gasteiger partial charge in [-0.2, -0.15) is 0 Å². The van der Waals surface area contributed by atoms with E-state index in [2.05, 4.69) is 26.4 Å². The first-order chi connectivity index (χ1) is 22.7. The predicted molar refractivity (Wildman–Crippen MR) is 185 cm³/mol. The second kappa shape index (κ2) is 15.3. The second-order valence-corrected chi connectivity index (χ2v) is 12.6. The molecule has 12 nitrogen and oxygen atoms in total. The molecule has 2 saturated heterocycles. The van der Waals surface area contributed by atoms with E-state index >= 15 is 0 Å². The number of amides is 1. The van der Waals surface area contributed by atoms with Gasteiger partial charge in [-0.15, -0.1) is 0 Å². The van der Waals surface area contributed by atoms with Crippen molar-refractivity contribution in [2.45, 2.75) is 64.5 Å². The number of hydrogen-bond acceptors (Lipinski definition) is 10. The average Bonchev–Trinajstić information content (AvgIpc) is 3.61. The Morgan fingerprint density at radius 1 is 1.04 bits per heavy atom. The van der Waals surface area contributed by atoms with E-state index in [-0.39, 0.29) is 33.9 Å². The van der Waals surface area contributed by atoms with Gasteiger partial charge in [-0.05, 0) is 70.0 Å². The molecule has 250 valence electrons. The van der Waals surface area contributed by atoms with Crippen molar-refractivity contribution in [2.24, 2.45) is 15.7 Å². The fraction of sp³-hybridized carbons (Fsp3) is 0.486. The summed E-state index contributed by atoms with van der Waals surface area (Å²) in [7, 11) is 0. The molecule has 12 heteroatoms. The Labute approximate surface area is 276 Å². The van der Waals surface area contributed by atoms with Crippen molar-refractivity contribution in [3.63, 3.8) is 0 Å². The summed E-state index contributed by atoms with van der Waals surface area (Å²) >= 11 is 0. The number of nitrogens with two attached hydrogens (primary N) is 1. The normalized spacial score (nSPS) is 22.7. The van der Waals surface area contributed by atoms with Gasteiger partial charge in [0.2, 0.25) is 0 Å². The van der Waals surface area contributed by atoms with Crippen LogP contribution in [0.15, 0.2) is 81.2 Å². The zero-order valence-electron chi connectivity index (χ0n) is 27.5. The van der Waals surface area contributed by atoms with Gasteiger partial charge in [0, 0.05) is 87.1 Å². The Balaban J connectivity index is 1.18. The minimum absolute atomic E-state index is 0.00578. The third-order valence-corrected chi connectivity index (χ3v) is 9.83. The number of anilines is 1. The standard InChI is InChI=1S/C35H46N8O4/c1-25-32(24-37-3)34(42(29-7-4-5-8-29)35(45)33(25)26(2)44)38-16-6-9-31(23-36)41-21-19-40(20-22-41)28-14-17-39(18-15-28)27-10-12-30(13-11-27)43(46)47/h6,9-13,23-24,28-29H,3-5,7-8,14-22,36H2,1-2H3/b9-6-,31-23+,32-24-,38-34?. The lowest BCUT2D eigenvalue weighted by Crippen LogP contribution is -2.52. The minimum atomic E-state index is -0.364. The van der Waals surface area contributed by atoms with Crippen LogP contribution in [0.1, 0.15) is 52.4 Å². The van der Waals surface area contributed by atoms with Crippen LogP contribution in [0.4, 0.5) is 11.4 Å². The smallest absolute Gasteiger partial charge is 0.269 e. The molecule has 4 aliphatic rings. The maximum absolute atomic E-state index is 13.6. The number of rotatable bonds is 10. The number of carbonyl (C=O) groups excluding carboxylic acids is 2. The second-order valence-electron chi connectivity index (χ2n) is 12.6. The molecule has 1 aromatic rings. The minimum Gasteiger partial charge on any atom is -0.403 e. The van der Waals surface area contributed by atoms with Crippen molar-refractivity contribution in [2.75, 3.05) is 50.7 Å². The molecule has 2 N–H and O–H groups in total. The number of amidine groups is 1. The van der Waals surface area contributed by atoms with Crippen molar-refractivity contribution in [1.29, 1.82) is 0 Å². The van der Waals surface area contributed by atoms with Crippen LogP contribution in [0.2, 0.25) is 0 Å². The summed E-state index contributed by atoms with van der Waals surface area (Å²) in [6.45, 7) is 12.6. The summed E-state index contributed by atoms with van der Waals surface area (Å²) in [6, 6.07) is 7.35. The van der Waals surface area contributed by atoms with Gasteiger partial charge in [0.25, 0.3) is 11.6 Å². The number of allylic oxidation sites excluding steroid dienone is 1. The van der Waals surface area contributed by atoms with E-state index in [0.29, 0.717) is 29.6 Å². The molecule has 0 bridgehead atoms. The number of nitro benzene ring substituents is 1. The fourth-order valence-corrected chi connectivity index (χ4v) is 7.33. The molecular weight excluding hydrogens is 596 g/mol. The fourth-order valence-electron chi connectivity index (χ4n) is 7.33. The average molecular weight is 643 g/mol. The van der Waals surface area contributed by atoms with Crippen molar-refractivity contribution >= 4 is 35.6 Å². The molecule has 0 atom stereocenters. The topological polar surface area (TPSA) is 141 Å². The zero-order valence-corrected chi connectivity index (χ0v) is 27.5. The Hall–Kier alpha value is -4.58. The van der Waals surface area contributed by atoms with Gasteiger partial charge in [0.05, 0.1) is 22.7 Å². The molecule has 1 aliphatic carbocycles. The van der Waals surface area contributed by atoms with Crippen LogP contribution in [-0.2, 0) is 9.59 Å². The van der Waals surface area contributed by atoms with E-state index in [4.69, 9.17) is 10.7 Å². The first-order valence-corrected chi connectivity index (χ1v) is 16.6. The highest BCUT2D eigenvalue weighted by atomic mass is 16.6. The first-order valence-electron chi connectivity index (χ1n) is 16.6. The number of aliphatic imine (C=N–C) groups is 2. The number of hydrogen-bond donors (Lipinski definition) is 1. The van der Waals surface area contributed by atoms with Crippen molar-refractivity contribution in [1.82, 2.24) is 14.7 Å². The lowest BCUT2D eigenvalue weighted by Gasteiger charge is -2.44. The highest BCUT2D eigenvalue weighted by Crippen LogP contribution is 2.33. The summed E-state index contributed by atoms with van der Waals surface area (Å²) in [6.07, 6.45) is 13.1. The van der Waals surface area contributed by atoms with Gasteiger partial charge < -0.3 is 15.5 Å². The molecule has 0 unspecified atom stereocenters. The van der Waals surface area contributed by atoms with Crippen LogP contribution < -0.4 is 10.6 Å². The van der Waals surface area contributed by atoms with Crippen LogP contribution in [0.3, 0.4) is 0 Å². The summed E-state index contributed by atoms with van der Waals surface area (Å²) in [4.78, 5) is 54.4. The van der Waals surface area contributed by atoms with Crippen LogP contribution in [0.5, 0.6) is 0 Å². The third-order valence-electron chi connectivity index (χ3n) is 9.83. The molecule has 3 heterocycles. The van der Waals surface area contributed by atoms with Gasteiger partial charge in [0.1, 0.15) is 5.84 Å². The highest BCUT2D eigenvalue weighted by Gasteiger charge is 2.40. The van der Waals surface area contributed by atoms with Crippen LogP contribution in [0, 0.1) is 10.1 Å². The van der Waals surface area contributed by atoms with Gasteiger partial charge >= 0.3 is 0 Å². The van der Waals surface area contributed by atoms with Crippen molar-refractivity contribution < 1.29 is 14.5 Å². The monoisotopic (exact) mass is 642 g/mol. The summed E-state index contributed by atoms with van der Waals surface area (Å²) in [5, 5.41) is 11.0. The molecule has 47 heavy (non-hydrogen) atoms. The van der Waals surface area contributed by atoms with E-state index in [9.17, 15) is 19.7 Å². The molecule has 0 radical (unpaired) electrons. The molecule has 3 fully saturated rings. The van der Waals surface area contributed by atoms with Crippen LogP contribution >= 0.6 is 0 Å². The largest absolute Gasteiger partial charge is 0.403 e. The maximum Gasteiger partial charge on any atom is 0.269 e. The Morgan fingerprint density at radius 3 is 2.28 bits per heavy atom. The molecule has 3 aliphatic heterocycles. The molecule has 1 saturated carbocycles. The van der Waals surface area contributed by atoms with E-state index in [1.54, 1.807) is 36.4 Å². The van der Waals surface area contributed by atoms with Crippen LogP contribution in [0.25, 0.3) is 0 Å². The predicted octanol–water partition coefficient (Wildman–Crippen LogP) is 4.21. The molecule has 0 aromatic heterocycles. The number of piperidine rings is 1. The summed E-state index contributed by atoms with van der Waals surface area (Å²) in [5.41, 5.74) is 9.61. The van der Waals surface area contributed by atoms with Crippen LogP contribution in [-0.4, -0.2) is 102 Å². The first kappa shape index (κ1) is 33.8. The SMILES string of the molecule is C=N/C=C1\C(=NC/C=C\C(=C/N)N2CCN(C3CCN(c4ccc([N+](=O)[O-])cc4)CC3)CC2)N(C2CCCC2)C(=O)C(C(C)=O)=C1C. The Morgan fingerprint density at radius 2 is 1.70 bits per heavy atom. The lowest BCUT2D eigenvalue weighted by atomic mass is 9.91. The number of ketones is 1. The summed E-state index contributed by atoms with van der Waals surface area (Å²) < 4.78 is 0. The van der Waals surface area contributed by atoms with Gasteiger partial charge in [-0.1, -0.05) is 18.9 Å². The number of nitrogens with zero attached hydrogens (tertiary/aromatic N) is 7. The maximum atomic E-state index is 13.6. The van der Waals surface area contributed by atoms with E-state index in [1.807, 2.05) is 24.3 Å². The van der Waals surface area contributed by atoms with Gasteiger partial charge in [-0.3, -0.25) is 39.5 Å². The Bertz CT molecular complexity index is 1500. The van der Waals surface area contributed by atoms with Crippen molar-refractivity contribution in [3.05, 3.63) is 81.3 Å². The quantitative estimate of drug-likeness (QED) is 0.132. The number of non-ortho nitro benzene ring substituents is 1. The number of nitro groups is 1.